The quantitative estimate of drug-likeness (QED) is 0.802. The van der Waals surface area contributed by atoms with E-state index in [-0.39, 0.29) is 11.9 Å². The summed E-state index contributed by atoms with van der Waals surface area (Å²) in [6.07, 6.45) is 3.17. The van der Waals surface area contributed by atoms with Gasteiger partial charge in [-0.05, 0) is 61.7 Å². The number of aryl methyl sites for hydroxylation is 2. The molecule has 1 aromatic carbocycles. The van der Waals surface area contributed by atoms with Gasteiger partial charge in [0.1, 0.15) is 6.04 Å². The fraction of sp³-hybridized carbons (Fsp3) is 0.579. The van der Waals surface area contributed by atoms with E-state index in [2.05, 4.69) is 5.32 Å². The van der Waals surface area contributed by atoms with Crippen LogP contribution in [0.5, 0.6) is 0 Å². The maximum absolute atomic E-state index is 12.4. The van der Waals surface area contributed by atoms with Gasteiger partial charge in [0.25, 0.3) is 0 Å². The van der Waals surface area contributed by atoms with E-state index in [1.54, 1.807) is 0 Å². The highest BCUT2D eigenvalue weighted by Gasteiger charge is 2.26. The topological polar surface area (TPSA) is 55.4 Å². The largest absolute Gasteiger partial charge is 0.467 e. The number of methoxy groups -OCH3 is 1. The van der Waals surface area contributed by atoms with E-state index >= 15 is 0 Å². The van der Waals surface area contributed by atoms with Crippen molar-refractivity contribution in [3.8, 4) is 0 Å². The fourth-order valence-electron chi connectivity index (χ4n) is 3.08. The van der Waals surface area contributed by atoms with Gasteiger partial charge in [0, 0.05) is 0 Å². The molecule has 1 unspecified atom stereocenters. The molecule has 24 heavy (non-hydrogen) atoms. The predicted octanol–water partition coefficient (Wildman–Crippen LogP) is 3.04. The first kappa shape index (κ1) is 18.8. The lowest BCUT2D eigenvalue weighted by Crippen LogP contribution is -2.43. The Bertz CT molecular complexity index is 582. The van der Waals surface area contributed by atoms with Gasteiger partial charge in [-0.25, -0.2) is 4.79 Å². The molecule has 1 atom stereocenters. The van der Waals surface area contributed by atoms with Gasteiger partial charge in [-0.2, -0.15) is 11.8 Å². The molecule has 1 aromatic rings. The first-order valence-electron chi connectivity index (χ1n) is 8.50. The Labute approximate surface area is 148 Å². The average molecular weight is 349 g/mol. The number of carbonyl (C=O) groups is 2. The van der Waals surface area contributed by atoms with Crippen LogP contribution in [0.4, 0.5) is 0 Å². The predicted molar refractivity (Wildman–Crippen MR) is 98.2 cm³/mol. The van der Waals surface area contributed by atoms with Gasteiger partial charge in [0.2, 0.25) is 5.91 Å². The maximum Gasteiger partial charge on any atom is 0.328 e. The summed E-state index contributed by atoms with van der Waals surface area (Å²) in [5, 5.41) is 2.89. The second-order valence-electron chi connectivity index (χ2n) is 6.54. The Morgan fingerprint density at radius 2 is 2.00 bits per heavy atom. The van der Waals surface area contributed by atoms with Crippen molar-refractivity contribution in [2.24, 2.45) is 5.92 Å². The number of esters is 1. The Morgan fingerprint density at radius 3 is 2.67 bits per heavy atom. The number of amides is 1. The van der Waals surface area contributed by atoms with Gasteiger partial charge >= 0.3 is 5.97 Å². The van der Waals surface area contributed by atoms with Crippen molar-refractivity contribution in [1.82, 2.24) is 5.32 Å². The third kappa shape index (κ3) is 5.55. The number of rotatable bonds is 6. The van der Waals surface area contributed by atoms with Gasteiger partial charge < -0.3 is 10.1 Å². The number of ether oxygens (including phenoxy) is 1. The zero-order chi connectivity index (χ0) is 17.5. The van der Waals surface area contributed by atoms with Crippen LogP contribution in [0.3, 0.4) is 0 Å². The van der Waals surface area contributed by atoms with Crippen molar-refractivity contribution in [3.63, 3.8) is 0 Å². The molecule has 4 nitrogen and oxygen atoms in total. The fourth-order valence-corrected chi connectivity index (χ4v) is 4.28. The molecule has 1 N–H and O–H groups in total. The molecule has 0 radical (unpaired) electrons. The van der Waals surface area contributed by atoms with Gasteiger partial charge in [-0.1, -0.05) is 23.8 Å². The lowest BCUT2D eigenvalue weighted by Gasteiger charge is -2.25. The molecule has 1 amide bonds. The smallest absolute Gasteiger partial charge is 0.328 e. The molecule has 0 spiro atoms. The minimum atomic E-state index is -0.541. The van der Waals surface area contributed by atoms with Crippen LogP contribution in [0.15, 0.2) is 18.2 Å². The van der Waals surface area contributed by atoms with Gasteiger partial charge in [0.05, 0.1) is 13.5 Å². The number of nitrogens with one attached hydrogen (secondary N) is 1. The molecular weight excluding hydrogens is 322 g/mol. The van der Waals surface area contributed by atoms with Crippen molar-refractivity contribution in [3.05, 3.63) is 34.9 Å². The first-order chi connectivity index (χ1) is 11.5. The number of carbonyl (C=O) groups excluding carboxylic acids is 2. The summed E-state index contributed by atoms with van der Waals surface area (Å²) in [6, 6.07) is 5.55. The van der Waals surface area contributed by atoms with Crippen molar-refractivity contribution in [2.45, 2.75) is 45.6 Å². The van der Waals surface area contributed by atoms with Crippen molar-refractivity contribution >= 4 is 23.6 Å². The van der Waals surface area contributed by atoms with E-state index in [0.717, 1.165) is 41.0 Å². The molecule has 132 valence electrons. The summed E-state index contributed by atoms with van der Waals surface area (Å²) in [7, 11) is 1.38. The summed E-state index contributed by atoms with van der Waals surface area (Å²) in [5.41, 5.74) is 3.23. The third-order valence-electron chi connectivity index (χ3n) is 4.59. The normalized spacial score (nSPS) is 16.5. The molecule has 0 saturated carbocycles. The van der Waals surface area contributed by atoms with E-state index in [1.165, 1.54) is 7.11 Å². The molecular formula is C19H27NO3S. The van der Waals surface area contributed by atoms with Gasteiger partial charge in [-0.15, -0.1) is 0 Å². The van der Waals surface area contributed by atoms with Crippen LogP contribution in [0.1, 0.15) is 36.0 Å². The molecule has 1 aliphatic rings. The molecule has 0 bridgehead atoms. The van der Waals surface area contributed by atoms with Crippen LogP contribution in [-0.2, 0) is 20.7 Å². The summed E-state index contributed by atoms with van der Waals surface area (Å²) in [5.74, 6) is 2.28. The Hall–Kier alpha value is -1.49. The van der Waals surface area contributed by atoms with E-state index < -0.39 is 6.04 Å². The molecule has 0 aromatic heterocycles. The molecule has 1 aliphatic heterocycles. The number of hydrogen-bond donors (Lipinski definition) is 1. The van der Waals surface area contributed by atoms with Crippen LogP contribution < -0.4 is 5.32 Å². The number of benzene rings is 1. The van der Waals surface area contributed by atoms with Crippen molar-refractivity contribution < 1.29 is 14.3 Å². The minimum absolute atomic E-state index is 0.121. The zero-order valence-corrected chi connectivity index (χ0v) is 15.6. The van der Waals surface area contributed by atoms with E-state index in [1.807, 2.05) is 43.8 Å². The van der Waals surface area contributed by atoms with Gasteiger partial charge in [-0.3, -0.25) is 4.79 Å². The Morgan fingerprint density at radius 1 is 1.29 bits per heavy atom. The number of thioether (sulfide) groups is 1. The molecule has 2 rings (SSSR count). The molecule has 1 saturated heterocycles. The first-order valence-corrected chi connectivity index (χ1v) is 9.66. The van der Waals surface area contributed by atoms with Crippen LogP contribution in [0, 0.1) is 19.8 Å². The second-order valence-corrected chi connectivity index (χ2v) is 7.77. The molecule has 0 aliphatic carbocycles. The highest BCUT2D eigenvalue weighted by molar-refractivity contribution is 7.99. The van der Waals surface area contributed by atoms with Gasteiger partial charge in [0.15, 0.2) is 0 Å². The van der Waals surface area contributed by atoms with Crippen LogP contribution in [-0.4, -0.2) is 36.5 Å². The summed E-state index contributed by atoms with van der Waals surface area (Å²) in [6.45, 7) is 4.01. The van der Waals surface area contributed by atoms with Crippen molar-refractivity contribution in [1.29, 1.82) is 0 Å². The maximum atomic E-state index is 12.4. The lowest BCUT2D eigenvalue weighted by molar-refractivity contribution is -0.145. The van der Waals surface area contributed by atoms with Crippen LogP contribution in [0.25, 0.3) is 0 Å². The monoisotopic (exact) mass is 349 g/mol. The second kappa shape index (κ2) is 9.11. The molecule has 1 heterocycles. The Kier molecular flexibility index (Phi) is 7.16. The summed E-state index contributed by atoms with van der Waals surface area (Å²) >= 11 is 1.95. The highest BCUT2D eigenvalue weighted by atomic mass is 32.2. The number of hydrogen-bond acceptors (Lipinski definition) is 4. The minimum Gasteiger partial charge on any atom is -0.467 e. The molecule has 1 fully saturated rings. The van der Waals surface area contributed by atoms with E-state index in [0.29, 0.717) is 18.8 Å². The van der Waals surface area contributed by atoms with Crippen LogP contribution >= 0.6 is 11.8 Å². The summed E-state index contributed by atoms with van der Waals surface area (Å²) < 4.78 is 4.89. The lowest BCUT2D eigenvalue weighted by atomic mass is 9.94. The summed E-state index contributed by atoms with van der Waals surface area (Å²) in [4.78, 5) is 24.5. The van der Waals surface area contributed by atoms with E-state index in [4.69, 9.17) is 4.74 Å². The SMILES string of the molecule is COC(=O)C(CC1CCSCC1)NC(=O)Cc1cc(C)ccc1C. The third-order valence-corrected chi connectivity index (χ3v) is 5.64. The van der Waals surface area contributed by atoms with Crippen molar-refractivity contribution in [2.75, 3.05) is 18.6 Å². The van der Waals surface area contributed by atoms with E-state index in [9.17, 15) is 9.59 Å². The standard InChI is InChI=1S/C19H27NO3S/c1-13-4-5-14(2)16(10-13)12-18(21)20-17(19(22)23-3)11-15-6-8-24-9-7-15/h4-5,10,15,17H,6-9,11-12H2,1-3H3,(H,20,21). The average Bonchev–Trinajstić information content (AvgIpc) is 2.57. The highest BCUT2D eigenvalue weighted by Crippen LogP contribution is 2.26. The Balaban J connectivity index is 1.98. The van der Waals surface area contributed by atoms with Crippen LogP contribution in [0.2, 0.25) is 0 Å². The molecule has 5 heteroatoms. The zero-order valence-electron chi connectivity index (χ0n) is 14.8.